The van der Waals surface area contributed by atoms with Crippen molar-refractivity contribution in [2.75, 3.05) is 0 Å². The van der Waals surface area contributed by atoms with Crippen molar-refractivity contribution in [2.45, 2.75) is 69.7 Å². The summed E-state index contributed by atoms with van der Waals surface area (Å²) in [6.07, 6.45) is -1.55. The molecule has 0 aromatic heterocycles. The Hall–Kier alpha value is -5.31. The zero-order valence-electron chi connectivity index (χ0n) is 25.5. The number of aliphatic carboxylic acids is 2. The van der Waals surface area contributed by atoms with Crippen molar-refractivity contribution in [3.05, 3.63) is 71.8 Å². The van der Waals surface area contributed by atoms with E-state index >= 15 is 0 Å². The van der Waals surface area contributed by atoms with Crippen LogP contribution in [-0.2, 0) is 46.4 Å². The molecule has 15 heteroatoms. The summed E-state index contributed by atoms with van der Waals surface area (Å²) in [5.74, 6) is -7.70. The molecule has 0 spiro atoms. The molecule has 2 aromatic carbocycles. The fourth-order valence-electron chi connectivity index (χ4n) is 4.40. The highest BCUT2D eigenvalue weighted by Crippen LogP contribution is 2.10. The standard InChI is InChI=1S/C31H40N6O9/c1-17(2)26(31(45)46)37-30(44)22(14-19-11-7-4-8-12-19)36-28(42)21(13-18-9-5-3-6-10-18)35-29(43)23(16-24(33)38)34-27(41)20(32)15-25(39)40/h3-12,17,20-23,26H,13-16,32H2,1-2H3,(H2,33,38)(H,34,41)(H,35,43)(H,36,42)(H,37,44)(H,39,40)(H,45,46)/t20-,21-,22-,23-,26-/m0/s1. The Bertz CT molecular complexity index is 1390. The SMILES string of the molecule is CC(C)[C@H](NC(=O)[C@H](Cc1ccccc1)NC(=O)[C@H](Cc1ccccc1)NC(=O)[C@H](CC(N)=O)NC(=O)[C@@H](N)CC(=O)O)C(=O)O. The number of carbonyl (C=O) groups is 7. The van der Waals surface area contributed by atoms with E-state index in [0.29, 0.717) is 11.1 Å². The molecule has 0 aliphatic heterocycles. The van der Waals surface area contributed by atoms with Crippen LogP contribution in [0.1, 0.15) is 37.8 Å². The van der Waals surface area contributed by atoms with Gasteiger partial charge in [-0.25, -0.2) is 4.79 Å². The third-order valence-corrected chi connectivity index (χ3v) is 6.83. The molecule has 2 aromatic rings. The molecular formula is C31H40N6O9. The number of nitrogens with one attached hydrogen (secondary N) is 4. The summed E-state index contributed by atoms with van der Waals surface area (Å²) in [5, 5.41) is 28.3. The molecule has 0 bridgehead atoms. The molecule has 0 radical (unpaired) electrons. The van der Waals surface area contributed by atoms with Crippen molar-refractivity contribution in [3.8, 4) is 0 Å². The summed E-state index contributed by atoms with van der Waals surface area (Å²) in [6.45, 7) is 3.23. The molecule has 0 unspecified atom stereocenters. The lowest BCUT2D eigenvalue weighted by Gasteiger charge is -2.27. The van der Waals surface area contributed by atoms with Crippen LogP contribution in [-0.4, -0.2) is 81.9 Å². The van der Waals surface area contributed by atoms with Gasteiger partial charge in [-0.2, -0.15) is 0 Å². The summed E-state index contributed by atoms with van der Waals surface area (Å²) < 4.78 is 0. The molecule has 248 valence electrons. The molecule has 0 fully saturated rings. The fourth-order valence-corrected chi connectivity index (χ4v) is 4.40. The van der Waals surface area contributed by atoms with E-state index in [1.54, 1.807) is 74.5 Å². The van der Waals surface area contributed by atoms with Crippen LogP contribution in [0.5, 0.6) is 0 Å². The Kier molecular flexibility index (Phi) is 14.3. The van der Waals surface area contributed by atoms with Crippen molar-refractivity contribution in [3.63, 3.8) is 0 Å². The summed E-state index contributed by atoms with van der Waals surface area (Å²) in [4.78, 5) is 87.4. The first-order valence-corrected chi connectivity index (χ1v) is 14.5. The van der Waals surface area contributed by atoms with Crippen LogP contribution in [0.3, 0.4) is 0 Å². The van der Waals surface area contributed by atoms with Crippen LogP contribution in [0.25, 0.3) is 0 Å². The van der Waals surface area contributed by atoms with Gasteiger partial charge in [-0.15, -0.1) is 0 Å². The number of carboxylic acid groups (broad SMARTS) is 2. The number of hydrogen-bond acceptors (Lipinski definition) is 8. The zero-order chi connectivity index (χ0) is 34.4. The van der Waals surface area contributed by atoms with Crippen LogP contribution in [0.4, 0.5) is 0 Å². The van der Waals surface area contributed by atoms with Crippen molar-refractivity contribution < 1.29 is 43.8 Å². The van der Waals surface area contributed by atoms with E-state index in [1.807, 2.05) is 0 Å². The summed E-state index contributed by atoms with van der Waals surface area (Å²) >= 11 is 0. The van der Waals surface area contributed by atoms with Crippen LogP contribution in [0.15, 0.2) is 60.7 Å². The van der Waals surface area contributed by atoms with Crippen LogP contribution < -0.4 is 32.7 Å². The Balaban J connectivity index is 2.38. The second-order valence-electron chi connectivity index (χ2n) is 11.0. The third kappa shape index (κ3) is 12.4. The van der Waals surface area contributed by atoms with E-state index in [4.69, 9.17) is 16.6 Å². The average Bonchev–Trinajstić information content (AvgIpc) is 2.98. The zero-order valence-corrected chi connectivity index (χ0v) is 25.5. The maximum atomic E-state index is 13.8. The van der Waals surface area contributed by atoms with Gasteiger partial charge in [0.05, 0.1) is 18.9 Å². The molecule has 2 rings (SSSR count). The van der Waals surface area contributed by atoms with Gasteiger partial charge >= 0.3 is 11.9 Å². The highest BCUT2D eigenvalue weighted by molar-refractivity contribution is 5.97. The maximum Gasteiger partial charge on any atom is 0.326 e. The fraction of sp³-hybridized carbons (Fsp3) is 0.387. The van der Waals surface area contributed by atoms with E-state index in [2.05, 4.69) is 21.3 Å². The maximum absolute atomic E-state index is 13.8. The molecule has 15 nitrogen and oxygen atoms in total. The molecule has 0 heterocycles. The normalized spacial score (nSPS) is 14.1. The Labute approximate surface area is 265 Å². The highest BCUT2D eigenvalue weighted by Gasteiger charge is 2.33. The van der Waals surface area contributed by atoms with Gasteiger partial charge in [-0.05, 0) is 17.0 Å². The number of carbonyl (C=O) groups excluding carboxylic acids is 5. The van der Waals surface area contributed by atoms with Gasteiger partial charge in [0, 0.05) is 12.8 Å². The molecular weight excluding hydrogens is 600 g/mol. The number of primary amides is 1. The van der Waals surface area contributed by atoms with E-state index in [9.17, 15) is 38.7 Å². The van der Waals surface area contributed by atoms with Crippen LogP contribution in [0, 0.1) is 5.92 Å². The van der Waals surface area contributed by atoms with Gasteiger partial charge in [0.15, 0.2) is 0 Å². The highest BCUT2D eigenvalue weighted by atomic mass is 16.4. The predicted octanol–water partition coefficient (Wildman–Crippen LogP) is -1.17. The molecule has 0 saturated carbocycles. The summed E-state index contributed by atoms with van der Waals surface area (Å²) in [7, 11) is 0. The number of hydrogen-bond donors (Lipinski definition) is 8. The summed E-state index contributed by atoms with van der Waals surface area (Å²) in [5.41, 5.74) is 12.1. The van der Waals surface area contributed by atoms with E-state index in [1.165, 1.54) is 0 Å². The van der Waals surface area contributed by atoms with E-state index in [0.717, 1.165) is 0 Å². The second kappa shape index (κ2) is 17.9. The first-order chi connectivity index (χ1) is 21.7. The number of carboxylic acids is 2. The first kappa shape index (κ1) is 36.9. The largest absolute Gasteiger partial charge is 0.481 e. The predicted molar refractivity (Wildman–Crippen MR) is 165 cm³/mol. The Morgan fingerprint density at radius 3 is 1.43 bits per heavy atom. The van der Waals surface area contributed by atoms with Crippen molar-refractivity contribution >= 4 is 41.5 Å². The minimum absolute atomic E-state index is 0.0172. The average molecular weight is 641 g/mol. The van der Waals surface area contributed by atoms with Gasteiger partial charge in [0.1, 0.15) is 24.2 Å². The van der Waals surface area contributed by atoms with Crippen molar-refractivity contribution in [1.82, 2.24) is 21.3 Å². The van der Waals surface area contributed by atoms with E-state index in [-0.39, 0.29) is 12.8 Å². The Morgan fingerprint density at radius 1 is 0.630 bits per heavy atom. The number of benzene rings is 2. The van der Waals surface area contributed by atoms with Gasteiger partial charge in [-0.1, -0.05) is 74.5 Å². The van der Waals surface area contributed by atoms with Gasteiger partial charge in [0.2, 0.25) is 29.5 Å². The lowest BCUT2D eigenvalue weighted by Crippen LogP contribution is -2.60. The van der Waals surface area contributed by atoms with Crippen molar-refractivity contribution in [1.29, 1.82) is 0 Å². The first-order valence-electron chi connectivity index (χ1n) is 14.5. The number of amides is 5. The molecule has 0 saturated heterocycles. The van der Waals surface area contributed by atoms with Gasteiger partial charge in [0.25, 0.3) is 0 Å². The smallest absolute Gasteiger partial charge is 0.326 e. The summed E-state index contributed by atoms with van der Waals surface area (Å²) in [6, 6.07) is 10.2. The van der Waals surface area contributed by atoms with Crippen LogP contribution in [0.2, 0.25) is 0 Å². The number of rotatable bonds is 18. The number of nitrogens with two attached hydrogens (primary N) is 2. The van der Waals surface area contributed by atoms with Crippen molar-refractivity contribution in [2.24, 2.45) is 17.4 Å². The van der Waals surface area contributed by atoms with Gasteiger partial charge in [-0.3, -0.25) is 28.8 Å². The third-order valence-electron chi connectivity index (χ3n) is 6.83. The topological polar surface area (TPSA) is 260 Å². The van der Waals surface area contributed by atoms with E-state index < -0.39 is 90.4 Å². The van der Waals surface area contributed by atoms with Crippen LogP contribution >= 0.6 is 0 Å². The Morgan fingerprint density at radius 2 is 1.04 bits per heavy atom. The quantitative estimate of drug-likeness (QED) is 0.0968. The lowest BCUT2D eigenvalue weighted by molar-refractivity contribution is -0.143. The molecule has 0 aliphatic rings. The second-order valence-corrected chi connectivity index (χ2v) is 11.0. The lowest BCUT2D eigenvalue weighted by atomic mass is 10.0. The molecule has 5 atom stereocenters. The minimum Gasteiger partial charge on any atom is -0.481 e. The molecule has 5 amide bonds. The van der Waals surface area contributed by atoms with Gasteiger partial charge < -0.3 is 42.9 Å². The molecule has 0 aliphatic carbocycles. The molecule has 46 heavy (non-hydrogen) atoms. The minimum atomic E-state index is -1.61. The molecule has 10 N–H and O–H groups in total. The monoisotopic (exact) mass is 640 g/mol.